The minimum Gasteiger partial charge on any atom is -0.462 e. The summed E-state index contributed by atoms with van der Waals surface area (Å²) in [5.41, 5.74) is 0. The number of hydrogen-bond donors (Lipinski definition) is 0. The molecule has 0 amide bonds. The van der Waals surface area contributed by atoms with Crippen molar-refractivity contribution >= 4 is 17.3 Å². The van der Waals surface area contributed by atoms with Gasteiger partial charge in [0, 0.05) is 4.88 Å². The first-order chi connectivity index (χ1) is 10.7. The molecule has 1 aromatic heterocycles. The zero-order valence-corrected chi connectivity index (χ0v) is 15.1. The molecule has 1 unspecified atom stereocenters. The molecule has 1 rings (SSSR count). The number of rotatable bonds is 13. The Morgan fingerprint density at radius 3 is 2.32 bits per heavy atom. The van der Waals surface area contributed by atoms with E-state index in [4.69, 9.17) is 4.74 Å². The second-order valence-electron chi connectivity index (χ2n) is 6.17. The van der Waals surface area contributed by atoms with Crippen LogP contribution < -0.4 is 0 Å². The van der Waals surface area contributed by atoms with Gasteiger partial charge in [-0.05, 0) is 31.2 Å². The van der Waals surface area contributed by atoms with Crippen LogP contribution in [0.4, 0.5) is 0 Å². The maximum Gasteiger partial charge on any atom is 0.311 e. The second-order valence-corrected chi connectivity index (χ2v) is 7.21. The highest BCUT2D eigenvalue weighted by molar-refractivity contribution is 7.10. The zero-order chi connectivity index (χ0) is 16.0. The van der Waals surface area contributed by atoms with E-state index in [-0.39, 0.29) is 12.1 Å². The molecule has 0 fully saturated rings. The standard InChI is InChI=1S/C19H32O2S/c1-3-4-5-6-7-8-9-10-11-13-17(2)21-19(20)16-18-14-12-15-22-18/h12,14-15,17H,3-11,13,16H2,1-2H3. The summed E-state index contributed by atoms with van der Waals surface area (Å²) in [6.45, 7) is 4.27. The number of hydrogen-bond acceptors (Lipinski definition) is 3. The lowest BCUT2D eigenvalue weighted by Crippen LogP contribution is -2.16. The van der Waals surface area contributed by atoms with E-state index in [2.05, 4.69) is 6.92 Å². The van der Waals surface area contributed by atoms with Crippen molar-refractivity contribution in [2.45, 2.75) is 90.6 Å². The van der Waals surface area contributed by atoms with Gasteiger partial charge in [-0.3, -0.25) is 4.79 Å². The van der Waals surface area contributed by atoms with Gasteiger partial charge in [0.05, 0.1) is 12.5 Å². The number of carbonyl (C=O) groups is 1. The first kappa shape index (κ1) is 19.2. The van der Waals surface area contributed by atoms with Crippen LogP contribution in [0.2, 0.25) is 0 Å². The molecule has 1 aromatic rings. The Morgan fingerprint density at radius 1 is 1.09 bits per heavy atom. The van der Waals surface area contributed by atoms with Crippen LogP contribution in [0.3, 0.4) is 0 Å². The Hall–Kier alpha value is -0.830. The largest absolute Gasteiger partial charge is 0.462 e. The van der Waals surface area contributed by atoms with Crippen LogP contribution in [0.15, 0.2) is 17.5 Å². The molecular weight excluding hydrogens is 292 g/mol. The fourth-order valence-corrected chi connectivity index (χ4v) is 3.31. The Bertz CT molecular complexity index is 373. The summed E-state index contributed by atoms with van der Waals surface area (Å²) in [6.07, 6.45) is 13.4. The Morgan fingerprint density at radius 2 is 1.73 bits per heavy atom. The Labute approximate surface area is 140 Å². The molecule has 1 heterocycles. The van der Waals surface area contributed by atoms with Gasteiger partial charge in [-0.25, -0.2) is 0 Å². The van der Waals surface area contributed by atoms with Crippen LogP contribution in [0, 0.1) is 0 Å². The van der Waals surface area contributed by atoms with Crippen molar-refractivity contribution in [2.75, 3.05) is 0 Å². The lowest BCUT2D eigenvalue weighted by molar-refractivity contribution is -0.147. The molecule has 0 aliphatic heterocycles. The second kappa shape index (κ2) is 12.7. The van der Waals surface area contributed by atoms with Crippen molar-refractivity contribution < 1.29 is 9.53 Å². The van der Waals surface area contributed by atoms with Gasteiger partial charge < -0.3 is 4.74 Å². The molecule has 3 heteroatoms. The number of ether oxygens (including phenoxy) is 1. The minimum atomic E-state index is -0.0918. The fourth-order valence-electron chi connectivity index (χ4n) is 2.62. The number of esters is 1. The van der Waals surface area contributed by atoms with E-state index in [1.807, 2.05) is 24.4 Å². The normalized spacial score (nSPS) is 12.3. The average molecular weight is 325 g/mol. The van der Waals surface area contributed by atoms with Gasteiger partial charge in [-0.15, -0.1) is 11.3 Å². The van der Waals surface area contributed by atoms with Gasteiger partial charge in [0.1, 0.15) is 0 Å². The highest BCUT2D eigenvalue weighted by Crippen LogP contribution is 2.14. The number of unbranched alkanes of at least 4 members (excludes halogenated alkanes) is 8. The molecule has 0 saturated carbocycles. The number of carbonyl (C=O) groups excluding carboxylic acids is 1. The molecule has 126 valence electrons. The predicted molar refractivity (Wildman–Crippen MR) is 95.4 cm³/mol. The Balaban J connectivity index is 1.92. The molecule has 0 radical (unpaired) electrons. The summed E-state index contributed by atoms with van der Waals surface area (Å²) >= 11 is 1.61. The van der Waals surface area contributed by atoms with Crippen LogP contribution in [-0.2, 0) is 16.0 Å². The van der Waals surface area contributed by atoms with Crippen LogP contribution in [0.25, 0.3) is 0 Å². The van der Waals surface area contributed by atoms with Gasteiger partial charge in [0.25, 0.3) is 0 Å². The molecule has 0 saturated heterocycles. The first-order valence-corrected chi connectivity index (χ1v) is 9.82. The van der Waals surface area contributed by atoms with Crippen molar-refractivity contribution in [3.8, 4) is 0 Å². The summed E-state index contributed by atoms with van der Waals surface area (Å²) < 4.78 is 5.46. The van der Waals surface area contributed by atoms with E-state index in [0.717, 1.165) is 11.3 Å². The molecule has 1 atom stereocenters. The van der Waals surface area contributed by atoms with Crippen LogP contribution in [-0.4, -0.2) is 12.1 Å². The van der Waals surface area contributed by atoms with Crippen molar-refractivity contribution in [1.29, 1.82) is 0 Å². The van der Waals surface area contributed by atoms with Crippen molar-refractivity contribution in [3.63, 3.8) is 0 Å². The summed E-state index contributed by atoms with van der Waals surface area (Å²) in [5, 5.41) is 1.99. The van der Waals surface area contributed by atoms with E-state index < -0.39 is 0 Å². The SMILES string of the molecule is CCCCCCCCCCCC(C)OC(=O)Cc1cccs1. The van der Waals surface area contributed by atoms with Crippen molar-refractivity contribution in [1.82, 2.24) is 0 Å². The maximum atomic E-state index is 11.8. The van der Waals surface area contributed by atoms with Crippen LogP contribution in [0.1, 0.15) is 82.9 Å². The average Bonchev–Trinajstić information content (AvgIpc) is 2.98. The predicted octanol–water partition coefficient (Wildman–Crippen LogP) is 6.14. The van der Waals surface area contributed by atoms with Gasteiger partial charge in [-0.2, -0.15) is 0 Å². The molecule has 0 spiro atoms. The molecule has 0 bridgehead atoms. The van der Waals surface area contributed by atoms with E-state index in [0.29, 0.717) is 6.42 Å². The molecular formula is C19H32O2S. The van der Waals surface area contributed by atoms with Gasteiger partial charge in [0.2, 0.25) is 0 Å². The number of thiophene rings is 1. The van der Waals surface area contributed by atoms with Crippen molar-refractivity contribution in [2.24, 2.45) is 0 Å². The monoisotopic (exact) mass is 324 g/mol. The Kier molecular flexibility index (Phi) is 11.1. The third kappa shape index (κ3) is 9.99. The van der Waals surface area contributed by atoms with Crippen LogP contribution in [0.5, 0.6) is 0 Å². The topological polar surface area (TPSA) is 26.3 Å². The molecule has 0 aliphatic rings. The molecule has 0 aliphatic carbocycles. The summed E-state index contributed by atoms with van der Waals surface area (Å²) in [7, 11) is 0. The third-order valence-electron chi connectivity index (χ3n) is 3.95. The quantitative estimate of drug-likeness (QED) is 0.321. The lowest BCUT2D eigenvalue weighted by atomic mass is 10.1. The van der Waals surface area contributed by atoms with E-state index in [1.165, 1.54) is 57.8 Å². The minimum absolute atomic E-state index is 0.0528. The van der Waals surface area contributed by atoms with Gasteiger partial charge >= 0.3 is 5.97 Å². The third-order valence-corrected chi connectivity index (χ3v) is 4.82. The summed E-state index contributed by atoms with van der Waals surface area (Å²) in [6, 6.07) is 3.95. The molecule has 0 aromatic carbocycles. The lowest BCUT2D eigenvalue weighted by Gasteiger charge is -2.12. The van der Waals surface area contributed by atoms with Crippen molar-refractivity contribution in [3.05, 3.63) is 22.4 Å². The van der Waals surface area contributed by atoms with Crippen LogP contribution >= 0.6 is 11.3 Å². The van der Waals surface area contributed by atoms with E-state index >= 15 is 0 Å². The van der Waals surface area contributed by atoms with Gasteiger partial charge in [-0.1, -0.05) is 64.4 Å². The molecule has 2 nitrogen and oxygen atoms in total. The van der Waals surface area contributed by atoms with Gasteiger partial charge in [0.15, 0.2) is 0 Å². The van der Waals surface area contributed by atoms with E-state index in [1.54, 1.807) is 11.3 Å². The zero-order valence-electron chi connectivity index (χ0n) is 14.3. The highest BCUT2D eigenvalue weighted by atomic mass is 32.1. The first-order valence-electron chi connectivity index (χ1n) is 8.94. The van der Waals surface area contributed by atoms with E-state index in [9.17, 15) is 4.79 Å². The maximum absolute atomic E-state index is 11.8. The summed E-state index contributed by atoms with van der Waals surface area (Å²) in [5.74, 6) is -0.0918. The highest BCUT2D eigenvalue weighted by Gasteiger charge is 2.10. The smallest absolute Gasteiger partial charge is 0.311 e. The fraction of sp³-hybridized carbons (Fsp3) is 0.737. The summed E-state index contributed by atoms with van der Waals surface area (Å²) in [4.78, 5) is 12.8. The molecule has 0 N–H and O–H groups in total. The molecule has 22 heavy (non-hydrogen) atoms.